The Morgan fingerprint density at radius 3 is 2.75 bits per heavy atom. The number of aryl methyl sites for hydroxylation is 1. The summed E-state index contributed by atoms with van der Waals surface area (Å²) in [5.41, 5.74) is 1.82. The number of methoxy groups -OCH3 is 1. The first kappa shape index (κ1) is 12.7. The molecule has 0 radical (unpaired) electrons. The zero-order valence-corrected chi connectivity index (χ0v) is 9.95. The molecule has 0 bridgehead atoms. The first-order valence-electron chi connectivity index (χ1n) is 4.86. The van der Waals surface area contributed by atoms with Crippen molar-refractivity contribution in [2.24, 2.45) is 5.92 Å². The van der Waals surface area contributed by atoms with Crippen molar-refractivity contribution in [2.45, 2.75) is 13.3 Å². The Balaban J connectivity index is 2.82. The highest BCUT2D eigenvalue weighted by atomic mass is 35.5. The Kier molecular flexibility index (Phi) is 4.50. The highest BCUT2D eigenvalue weighted by Crippen LogP contribution is 2.18. The molecule has 0 aliphatic heterocycles. The van der Waals surface area contributed by atoms with Crippen molar-refractivity contribution in [3.63, 3.8) is 0 Å². The third-order valence-corrected chi connectivity index (χ3v) is 2.77. The molecule has 0 aliphatic rings. The molecule has 4 heteroatoms. The molecular formula is C12H13ClO3. The van der Waals surface area contributed by atoms with Crippen LogP contribution in [0.5, 0.6) is 0 Å². The van der Waals surface area contributed by atoms with Gasteiger partial charge in [0.2, 0.25) is 0 Å². The van der Waals surface area contributed by atoms with Crippen molar-refractivity contribution >= 4 is 23.9 Å². The van der Waals surface area contributed by atoms with Crippen molar-refractivity contribution in [3.05, 3.63) is 34.3 Å². The smallest absolute Gasteiger partial charge is 0.316 e. The molecule has 0 saturated heterocycles. The van der Waals surface area contributed by atoms with E-state index in [0.29, 0.717) is 17.7 Å². The topological polar surface area (TPSA) is 43.4 Å². The standard InChI is InChI=1S/C12H13ClO3/c1-8-5-9(3-4-11(8)13)6-10(7-14)12(15)16-2/h3-5,7,10H,6H2,1-2H3. The minimum absolute atomic E-state index is 0.341. The Morgan fingerprint density at radius 1 is 1.56 bits per heavy atom. The van der Waals surface area contributed by atoms with Gasteiger partial charge in [0, 0.05) is 5.02 Å². The quantitative estimate of drug-likeness (QED) is 0.460. The Bertz CT molecular complexity index is 401. The van der Waals surface area contributed by atoms with Crippen LogP contribution in [-0.4, -0.2) is 19.4 Å². The summed E-state index contributed by atoms with van der Waals surface area (Å²) in [5.74, 6) is -1.26. The Morgan fingerprint density at radius 2 is 2.25 bits per heavy atom. The molecule has 1 unspecified atom stereocenters. The van der Waals surface area contributed by atoms with Crippen LogP contribution < -0.4 is 0 Å². The minimum atomic E-state index is -0.745. The predicted molar refractivity (Wildman–Crippen MR) is 61.5 cm³/mol. The summed E-state index contributed by atoms with van der Waals surface area (Å²) < 4.78 is 4.53. The fourth-order valence-electron chi connectivity index (χ4n) is 1.43. The van der Waals surface area contributed by atoms with Crippen LogP contribution in [0, 0.1) is 12.8 Å². The van der Waals surface area contributed by atoms with E-state index in [1.165, 1.54) is 7.11 Å². The van der Waals surface area contributed by atoms with Gasteiger partial charge < -0.3 is 9.53 Å². The molecule has 1 atom stereocenters. The number of carbonyl (C=O) groups excluding carboxylic acids is 2. The second-order valence-electron chi connectivity index (χ2n) is 3.55. The lowest BCUT2D eigenvalue weighted by atomic mass is 9.99. The predicted octanol–water partition coefficient (Wildman–Crippen LogP) is 2.18. The van der Waals surface area contributed by atoms with E-state index in [9.17, 15) is 9.59 Å². The van der Waals surface area contributed by atoms with Gasteiger partial charge in [-0.3, -0.25) is 4.79 Å². The summed E-state index contributed by atoms with van der Waals surface area (Å²) >= 11 is 5.88. The summed E-state index contributed by atoms with van der Waals surface area (Å²) in [7, 11) is 1.27. The summed E-state index contributed by atoms with van der Waals surface area (Å²) in [4.78, 5) is 22.0. The van der Waals surface area contributed by atoms with Gasteiger partial charge in [0.05, 0.1) is 7.11 Å². The third kappa shape index (κ3) is 3.07. The zero-order valence-electron chi connectivity index (χ0n) is 9.20. The fourth-order valence-corrected chi connectivity index (χ4v) is 1.54. The van der Waals surface area contributed by atoms with Crippen LogP contribution in [0.2, 0.25) is 5.02 Å². The van der Waals surface area contributed by atoms with Crippen LogP contribution in [0.3, 0.4) is 0 Å². The van der Waals surface area contributed by atoms with Gasteiger partial charge in [-0.25, -0.2) is 0 Å². The summed E-state index contributed by atoms with van der Waals surface area (Å²) in [6.45, 7) is 1.87. The first-order valence-corrected chi connectivity index (χ1v) is 5.24. The lowest BCUT2D eigenvalue weighted by Crippen LogP contribution is -2.19. The van der Waals surface area contributed by atoms with E-state index in [1.54, 1.807) is 12.1 Å². The maximum absolute atomic E-state index is 11.2. The van der Waals surface area contributed by atoms with Crippen LogP contribution in [0.1, 0.15) is 11.1 Å². The van der Waals surface area contributed by atoms with E-state index in [-0.39, 0.29) is 0 Å². The van der Waals surface area contributed by atoms with Gasteiger partial charge in [0.1, 0.15) is 12.2 Å². The first-order chi connectivity index (χ1) is 7.58. The number of carbonyl (C=O) groups is 2. The van der Waals surface area contributed by atoms with E-state index < -0.39 is 11.9 Å². The van der Waals surface area contributed by atoms with Crippen LogP contribution in [0.25, 0.3) is 0 Å². The molecule has 0 fully saturated rings. The van der Waals surface area contributed by atoms with Crippen LogP contribution in [0.15, 0.2) is 18.2 Å². The van der Waals surface area contributed by atoms with Gasteiger partial charge in [-0.2, -0.15) is 0 Å². The molecule has 0 saturated carbocycles. The number of rotatable bonds is 4. The van der Waals surface area contributed by atoms with E-state index in [2.05, 4.69) is 4.74 Å². The molecule has 86 valence electrons. The summed E-state index contributed by atoms with van der Waals surface area (Å²) in [6, 6.07) is 5.42. The number of esters is 1. The van der Waals surface area contributed by atoms with Gasteiger partial charge in [0.15, 0.2) is 0 Å². The minimum Gasteiger partial charge on any atom is -0.468 e. The van der Waals surface area contributed by atoms with Gasteiger partial charge in [-0.05, 0) is 30.5 Å². The number of aldehydes is 1. The van der Waals surface area contributed by atoms with Crippen LogP contribution in [0.4, 0.5) is 0 Å². The van der Waals surface area contributed by atoms with Crippen LogP contribution in [-0.2, 0) is 20.7 Å². The van der Waals surface area contributed by atoms with Crippen LogP contribution >= 0.6 is 11.6 Å². The number of halogens is 1. The molecule has 16 heavy (non-hydrogen) atoms. The number of ether oxygens (including phenoxy) is 1. The highest BCUT2D eigenvalue weighted by Gasteiger charge is 2.18. The second kappa shape index (κ2) is 5.66. The number of hydrogen-bond donors (Lipinski definition) is 0. The van der Waals surface area contributed by atoms with E-state index in [0.717, 1.165) is 11.1 Å². The van der Waals surface area contributed by atoms with Crippen molar-refractivity contribution in [1.82, 2.24) is 0 Å². The van der Waals surface area contributed by atoms with E-state index >= 15 is 0 Å². The molecule has 1 aromatic rings. The molecular weight excluding hydrogens is 228 g/mol. The largest absolute Gasteiger partial charge is 0.468 e. The fraction of sp³-hybridized carbons (Fsp3) is 0.333. The number of benzene rings is 1. The van der Waals surface area contributed by atoms with E-state index in [4.69, 9.17) is 11.6 Å². The maximum Gasteiger partial charge on any atom is 0.316 e. The lowest BCUT2D eigenvalue weighted by Gasteiger charge is -2.09. The molecule has 0 spiro atoms. The molecule has 0 N–H and O–H groups in total. The normalized spacial score (nSPS) is 11.9. The van der Waals surface area contributed by atoms with Crippen molar-refractivity contribution in [3.8, 4) is 0 Å². The molecule has 0 heterocycles. The van der Waals surface area contributed by atoms with Gasteiger partial charge >= 0.3 is 5.97 Å². The summed E-state index contributed by atoms with van der Waals surface area (Å²) in [6.07, 6.45) is 0.948. The molecule has 0 amide bonds. The molecule has 1 aromatic carbocycles. The SMILES string of the molecule is COC(=O)C(C=O)Cc1ccc(Cl)c(C)c1. The highest BCUT2D eigenvalue weighted by molar-refractivity contribution is 6.31. The number of hydrogen-bond acceptors (Lipinski definition) is 3. The molecule has 0 aliphatic carbocycles. The van der Waals surface area contributed by atoms with Crippen molar-refractivity contribution < 1.29 is 14.3 Å². The van der Waals surface area contributed by atoms with Crippen molar-refractivity contribution in [1.29, 1.82) is 0 Å². The zero-order chi connectivity index (χ0) is 12.1. The average molecular weight is 241 g/mol. The molecule has 0 aromatic heterocycles. The molecule has 1 rings (SSSR count). The maximum atomic E-state index is 11.2. The average Bonchev–Trinajstić information content (AvgIpc) is 2.29. The van der Waals surface area contributed by atoms with Gasteiger partial charge in [-0.1, -0.05) is 23.7 Å². The monoisotopic (exact) mass is 240 g/mol. The Labute approximate surface area is 99.4 Å². The summed E-state index contributed by atoms with van der Waals surface area (Å²) in [5, 5.41) is 0.671. The van der Waals surface area contributed by atoms with Crippen molar-refractivity contribution in [2.75, 3.05) is 7.11 Å². The van der Waals surface area contributed by atoms with Gasteiger partial charge in [-0.15, -0.1) is 0 Å². The van der Waals surface area contributed by atoms with E-state index in [1.807, 2.05) is 13.0 Å². The second-order valence-corrected chi connectivity index (χ2v) is 3.96. The van der Waals surface area contributed by atoms with Gasteiger partial charge in [0.25, 0.3) is 0 Å². The lowest BCUT2D eigenvalue weighted by molar-refractivity contribution is -0.146. The Hall–Kier alpha value is -1.35. The third-order valence-electron chi connectivity index (χ3n) is 2.35. The molecule has 3 nitrogen and oxygen atoms in total.